The average molecular weight is 298 g/mol. The van der Waals surface area contributed by atoms with Gasteiger partial charge < -0.3 is 5.32 Å². The van der Waals surface area contributed by atoms with Gasteiger partial charge in [0.25, 0.3) is 0 Å². The number of nitrogens with one attached hydrogen (secondary N) is 1. The van der Waals surface area contributed by atoms with Gasteiger partial charge in [-0.05, 0) is 28.1 Å². The molecule has 0 saturated heterocycles. The van der Waals surface area contributed by atoms with Crippen molar-refractivity contribution >= 4 is 44.1 Å². The first-order chi connectivity index (χ1) is 7.66. The van der Waals surface area contributed by atoms with Crippen LogP contribution in [0.25, 0.3) is 10.9 Å². The lowest BCUT2D eigenvalue weighted by Gasteiger charge is -2.08. The molecule has 0 spiro atoms. The highest BCUT2D eigenvalue weighted by atomic mass is 79.9. The van der Waals surface area contributed by atoms with Crippen LogP contribution >= 0.6 is 27.5 Å². The van der Waals surface area contributed by atoms with Crippen LogP contribution in [0.3, 0.4) is 0 Å². The highest BCUT2D eigenvalue weighted by Gasteiger charge is 2.02. The molecular weight excluding hydrogens is 288 g/mol. The molecular formula is C12H10BrClN2. The number of halogens is 2. The summed E-state index contributed by atoms with van der Waals surface area (Å²) in [6, 6.07) is 8.01. The van der Waals surface area contributed by atoms with Gasteiger partial charge in [0.15, 0.2) is 0 Å². The summed E-state index contributed by atoms with van der Waals surface area (Å²) >= 11 is 9.12. The number of pyridine rings is 1. The van der Waals surface area contributed by atoms with Crippen LogP contribution in [0.2, 0.25) is 0 Å². The highest BCUT2D eigenvalue weighted by molar-refractivity contribution is 9.10. The second kappa shape index (κ2) is 4.85. The van der Waals surface area contributed by atoms with E-state index in [1.807, 2.05) is 24.3 Å². The third-order valence-electron chi connectivity index (χ3n) is 2.15. The van der Waals surface area contributed by atoms with E-state index < -0.39 is 0 Å². The number of fused-ring (bicyclic) bond motifs is 1. The molecule has 2 rings (SSSR count). The average Bonchev–Trinajstić information content (AvgIpc) is 2.25. The molecule has 0 radical (unpaired) electrons. The minimum absolute atomic E-state index is 0.540. The smallest absolute Gasteiger partial charge is 0.0934 e. The fourth-order valence-electron chi connectivity index (χ4n) is 1.47. The fraction of sp³-hybridized carbons (Fsp3) is 0.0833. The maximum Gasteiger partial charge on any atom is 0.0934 e. The summed E-state index contributed by atoms with van der Waals surface area (Å²) in [6.45, 7) is 4.18. The molecule has 0 aliphatic carbocycles. The SMILES string of the molecule is C=C(Cl)CNc1cccc2cc(Br)cnc12. The Morgan fingerprint density at radius 2 is 2.31 bits per heavy atom. The molecule has 1 N–H and O–H groups in total. The lowest BCUT2D eigenvalue weighted by Crippen LogP contribution is -2.01. The van der Waals surface area contributed by atoms with Crippen LogP contribution in [-0.2, 0) is 0 Å². The molecule has 1 aromatic heterocycles. The Morgan fingerprint density at radius 1 is 1.50 bits per heavy atom. The molecule has 16 heavy (non-hydrogen) atoms. The van der Waals surface area contributed by atoms with Crippen molar-refractivity contribution in [3.05, 3.63) is 46.5 Å². The van der Waals surface area contributed by atoms with Crippen LogP contribution in [0.5, 0.6) is 0 Å². The minimum atomic E-state index is 0.540. The Kier molecular flexibility index (Phi) is 3.46. The van der Waals surface area contributed by atoms with Crippen molar-refractivity contribution < 1.29 is 0 Å². The molecule has 2 nitrogen and oxygen atoms in total. The van der Waals surface area contributed by atoms with Crippen molar-refractivity contribution in [2.45, 2.75) is 0 Å². The van der Waals surface area contributed by atoms with E-state index >= 15 is 0 Å². The first kappa shape index (κ1) is 11.4. The molecule has 82 valence electrons. The molecule has 0 saturated carbocycles. The first-order valence-electron chi connectivity index (χ1n) is 4.78. The first-order valence-corrected chi connectivity index (χ1v) is 5.95. The Hall–Kier alpha value is -1.06. The van der Waals surface area contributed by atoms with Gasteiger partial charge in [0.1, 0.15) is 0 Å². The summed E-state index contributed by atoms with van der Waals surface area (Å²) in [5.74, 6) is 0. The lowest BCUT2D eigenvalue weighted by atomic mass is 10.2. The number of aromatic nitrogens is 1. The summed E-state index contributed by atoms with van der Waals surface area (Å²) in [4.78, 5) is 4.38. The number of para-hydroxylation sites is 1. The van der Waals surface area contributed by atoms with Gasteiger partial charge in [-0.1, -0.05) is 30.3 Å². The van der Waals surface area contributed by atoms with Crippen molar-refractivity contribution in [2.24, 2.45) is 0 Å². The van der Waals surface area contributed by atoms with E-state index in [1.54, 1.807) is 6.20 Å². The van der Waals surface area contributed by atoms with Crippen LogP contribution in [0.4, 0.5) is 5.69 Å². The fourth-order valence-corrected chi connectivity index (χ4v) is 1.88. The molecule has 0 bridgehead atoms. The van der Waals surface area contributed by atoms with E-state index in [2.05, 4.69) is 32.8 Å². The second-order valence-corrected chi connectivity index (χ2v) is 4.85. The van der Waals surface area contributed by atoms with Crippen LogP contribution in [0.1, 0.15) is 0 Å². The van der Waals surface area contributed by atoms with Gasteiger partial charge in [0.2, 0.25) is 0 Å². The normalized spacial score (nSPS) is 10.4. The van der Waals surface area contributed by atoms with Gasteiger partial charge in [-0.3, -0.25) is 4.98 Å². The molecule has 0 fully saturated rings. The number of hydrogen-bond acceptors (Lipinski definition) is 2. The van der Waals surface area contributed by atoms with Crippen LogP contribution in [0.15, 0.2) is 46.5 Å². The molecule has 1 aromatic carbocycles. The van der Waals surface area contributed by atoms with E-state index in [-0.39, 0.29) is 0 Å². The van der Waals surface area contributed by atoms with Gasteiger partial charge in [-0.15, -0.1) is 0 Å². The summed E-state index contributed by atoms with van der Waals surface area (Å²) in [7, 11) is 0. The zero-order valence-electron chi connectivity index (χ0n) is 8.50. The predicted molar refractivity (Wildman–Crippen MR) is 72.9 cm³/mol. The highest BCUT2D eigenvalue weighted by Crippen LogP contribution is 2.24. The van der Waals surface area contributed by atoms with Crippen molar-refractivity contribution in [3.8, 4) is 0 Å². The zero-order valence-corrected chi connectivity index (χ0v) is 10.8. The van der Waals surface area contributed by atoms with Crippen LogP contribution < -0.4 is 5.32 Å². The van der Waals surface area contributed by atoms with Gasteiger partial charge in [-0.25, -0.2) is 0 Å². The summed E-state index contributed by atoms with van der Waals surface area (Å²) in [5, 5.41) is 4.86. The van der Waals surface area contributed by atoms with Gasteiger partial charge in [0, 0.05) is 21.1 Å². The zero-order chi connectivity index (χ0) is 11.5. The van der Waals surface area contributed by atoms with E-state index in [9.17, 15) is 0 Å². The molecule has 0 aliphatic rings. The second-order valence-electron chi connectivity index (χ2n) is 3.40. The van der Waals surface area contributed by atoms with Gasteiger partial charge in [0.05, 0.1) is 17.7 Å². The lowest BCUT2D eigenvalue weighted by molar-refractivity contribution is 1.30. The monoisotopic (exact) mass is 296 g/mol. The van der Waals surface area contributed by atoms with Crippen molar-refractivity contribution in [1.82, 2.24) is 4.98 Å². The van der Waals surface area contributed by atoms with Crippen LogP contribution in [0, 0.1) is 0 Å². The minimum Gasteiger partial charge on any atom is -0.378 e. The Morgan fingerprint density at radius 3 is 3.06 bits per heavy atom. The third kappa shape index (κ3) is 2.54. The van der Waals surface area contributed by atoms with E-state index in [0.717, 1.165) is 21.1 Å². The van der Waals surface area contributed by atoms with Crippen molar-refractivity contribution in [2.75, 3.05) is 11.9 Å². The quantitative estimate of drug-likeness (QED) is 0.920. The maximum atomic E-state index is 5.72. The Labute approximate surface area is 107 Å². The van der Waals surface area contributed by atoms with Gasteiger partial charge >= 0.3 is 0 Å². The van der Waals surface area contributed by atoms with E-state index in [1.165, 1.54) is 0 Å². The molecule has 0 aliphatic heterocycles. The molecule has 1 heterocycles. The molecule has 0 amide bonds. The number of rotatable bonds is 3. The van der Waals surface area contributed by atoms with Crippen molar-refractivity contribution in [1.29, 1.82) is 0 Å². The van der Waals surface area contributed by atoms with Gasteiger partial charge in [-0.2, -0.15) is 0 Å². The van der Waals surface area contributed by atoms with E-state index in [0.29, 0.717) is 11.6 Å². The molecule has 2 aromatic rings. The summed E-state index contributed by atoms with van der Waals surface area (Å²) in [6.07, 6.45) is 1.78. The molecule has 4 heteroatoms. The maximum absolute atomic E-state index is 5.72. The number of nitrogens with zero attached hydrogens (tertiary/aromatic N) is 1. The molecule has 0 unspecified atom stereocenters. The Balaban J connectivity index is 2.41. The topological polar surface area (TPSA) is 24.9 Å². The number of benzene rings is 1. The van der Waals surface area contributed by atoms with E-state index in [4.69, 9.17) is 11.6 Å². The van der Waals surface area contributed by atoms with Crippen LogP contribution in [-0.4, -0.2) is 11.5 Å². The summed E-state index contributed by atoms with van der Waals surface area (Å²) < 4.78 is 0.971. The Bertz CT molecular complexity index is 540. The predicted octanol–water partition coefficient (Wildman–Crippen LogP) is 4.16. The third-order valence-corrected chi connectivity index (χ3v) is 2.72. The molecule has 0 atom stereocenters. The number of hydrogen-bond donors (Lipinski definition) is 1. The standard InChI is InChI=1S/C12H10BrClN2/c1-8(14)6-15-11-4-2-3-9-5-10(13)7-16-12(9)11/h2-5,7,15H,1,6H2. The summed E-state index contributed by atoms with van der Waals surface area (Å²) in [5.41, 5.74) is 1.90. The number of anilines is 1. The van der Waals surface area contributed by atoms with Crippen molar-refractivity contribution in [3.63, 3.8) is 0 Å². The largest absolute Gasteiger partial charge is 0.378 e.